The highest BCUT2D eigenvalue weighted by molar-refractivity contribution is 7.22. The number of imide groups is 1. The third-order valence-electron chi connectivity index (χ3n) is 13.9. The van der Waals surface area contributed by atoms with Gasteiger partial charge in [0.25, 0.3) is 5.91 Å². The number of carboxylic acids is 1. The predicted octanol–water partition coefficient (Wildman–Crippen LogP) is 7.00. The molecule has 18 heteroatoms. The summed E-state index contributed by atoms with van der Waals surface area (Å²) in [6, 6.07) is 28.5. The minimum atomic E-state index is -1.14. The first-order chi connectivity index (χ1) is 34.3. The first-order valence-electron chi connectivity index (χ1n) is 23.9. The molecule has 3 aliphatic rings. The van der Waals surface area contributed by atoms with Crippen LogP contribution in [0.4, 0.5) is 16.6 Å². The first-order valence-corrected chi connectivity index (χ1v) is 24.7. The summed E-state index contributed by atoms with van der Waals surface area (Å²) in [5.41, 5.74) is 7.26. The normalized spacial score (nSPS) is 18.6. The van der Waals surface area contributed by atoms with Gasteiger partial charge in [0.2, 0.25) is 17.7 Å². The second-order valence-electron chi connectivity index (χ2n) is 18.6. The van der Waals surface area contributed by atoms with Crippen LogP contribution in [0.1, 0.15) is 75.8 Å². The lowest BCUT2D eigenvalue weighted by molar-refractivity contribution is -0.134. The van der Waals surface area contributed by atoms with E-state index in [1.807, 2.05) is 103 Å². The van der Waals surface area contributed by atoms with Gasteiger partial charge >= 0.3 is 5.97 Å². The maximum Gasteiger partial charge on any atom is 0.355 e. The van der Waals surface area contributed by atoms with Gasteiger partial charge < -0.3 is 20.1 Å². The number of nitrogens with zero attached hydrogens (tertiary/aromatic N) is 7. The number of aromatic carboxylic acids is 1. The van der Waals surface area contributed by atoms with E-state index in [9.17, 15) is 29.1 Å². The van der Waals surface area contributed by atoms with Crippen LogP contribution in [0.25, 0.3) is 32.2 Å². The molecule has 3 atom stereocenters. The predicted molar refractivity (Wildman–Crippen MR) is 272 cm³/mol. The average molecular weight is 975 g/mol. The number of hydrogen-bond donors (Lipinski definition) is 4. The molecule has 71 heavy (non-hydrogen) atoms. The van der Waals surface area contributed by atoms with Crippen LogP contribution < -0.4 is 25.6 Å². The number of pyridine rings is 1. The van der Waals surface area contributed by atoms with Crippen LogP contribution in [-0.2, 0) is 34.4 Å². The fourth-order valence-corrected chi connectivity index (χ4v) is 11.2. The lowest BCUT2D eigenvalue weighted by atomic mass is 9.93. The lowest BCUT2D eigenvalue weighted by Gasteiger charge is -2.44. The minimum absolute atomic E-state index is 0.0694. The van der Waals surface area contributed by atoms with Gasteiger partial charge in [-0.15, -0.1) is 0 Å². The van der Waals surface area contributed by atoms with E-state index in [1.54, 1.807) is 11.7 Å². The Morgan fingerprint density at radius 2 is 1.70 bits per heavy atom. The van der Waals surface area contributed by atoms with Crippen molar-refractivity contribution in [1.29, 1.82) is 0 Å². The Morgan fingerprint density at radius 3 is 2.49 bits per heavy atom. The second kappa shape index (κ2) is 19.7. The number of hydrogen-bond acceptors (Lipinski definition) is 13. The zero-order valence-electron chi connectivity index (χ0n) is 39.9. The molecule has 3 aliphatic heterocycles. The maximum absolute atomic E-state index is 13.7. The Hall–Kier alpha value is -7.54. The molecule has 4 N–H and O–H groups in total. The van der Waals surface area contributed by atoms with E-state index >= 15 is 0 Å². The summed E-state index contributed by atoms with van der Waals surface area (Å²) < 4.78 is 9.06. The number of rotatable bonds is 13. The number of carbonyl (C=O) groups excluding carboxylic acids is 4. The topological polar surface area (TPSA) is 204 Å². The highest BCUT2D eigenvalue weighted by Crippen LogP contribution is 2.36. The molecule has 6 heterocycles. The van der Waals surface area contributed by atoms with Crippen molar-refractivity contribution in [1.82, 2.24) is 34.9 Å². The number of nitrogens with one attached hydrogen (secondary N) is 3. The summed E-state index contributed by atoms with van der Waals surface area (Å²) in [6.45, 7) is 9.92. The number of benzene rings is 4. The Bertz CT molecular complexity index is 3210. The molecule has 2 fully saturated rings. The number of piperazine rings is 1. The minimum Gasteiger partial charge on any atom is -0.492 e. The van der Waals surface area contributed by atoms with Crippen LogP contribution in [0.3, 0.4) is 0 Å². The molecule has 3 aromatic heterocycles. The van der Waals surface area contributed by atoms with Crippen LogP contribution in [-0.4, -0.2) is 116 Å². The SMILES string of the molecule is Cc1c(OCCN2CC(C)N(CC(=O)Nc3ccc4c(C5CCC(=O)NC5=O)nn(C)c4c3)C(C)C2)cccc1-c1ccc(N2CCc3cccc(C(=O)Nc4nc5ccccc5s4)c3C2)nc1C(=O)O. The van der Waals surface area contributed by atoms with Gasteiger partial charge in [-0.2, -0.15) is 5.10 Å². The quantitative estimate of drug-likeness (QED) is 0.0861. The monoisotopic (exact) mass is 974 g/mol. The third-order valence-corrected chi connectivity index (χ3v) is 14.9. The molecule has 4 amide bonds. The van der Waals surface area contributed by atoms with Gasteiger partial charge in [-0.25, -0.2) is 14.8 Å². The van der Waals surface area contributed by atoms with Crippen LogP contribution in [0.5, 0.6) is 5.75 Å². The van der Waals surface area contributed by atoms with Crippen molar-refractivity contribution >= 4 is 78.7 Å². The van der Waals surface area contributed by atoms with E-state index in [1.165, 1.54) is 11.3 Å². The summed E-state index contributed by atoms with van der Waals surface area (Å²) in [7, 11) is 1.80. The summed E-state index contributed by atoms with van der Waals surface area (Å²) in [5, 5.41) is 24.9. The number of aryl methyl sites for hydroxylation is 1. The van der Waals surface area contributed by atoms with Gasteiger partial charge in [-0.3, -0.25) is 44.3 Å². The van der Waals surface area contributed by atoms with Crippen LogP contribution >= 0.6 is 11.3 Å². The fraction of sp³-hybridized carbons (Fsp3) is 0.321. The zero-order valence-corrected chi connectivity index (χ0v) is 40.7. The van der Waals surface area contributed by atoms with E-state index in [2.05, 4.69) is 49.7 Å². The number of anilines is 3. The van der Waals surface area contributed by atoms with Gasteiger partial charge in [0.15, 0.2) is 10.8 Å². The summed E-state index contributed by atoms with van der Waals surface area (Å²) in [4.78, 5) is 80.1. The number of aromatic nitrogens is 4. The van der Waals surface area contributed by atoms with Gasteiger partial charge in [0.1, 0.15) is 18.2 Å². The second-order valence-corrected chi connectivity index (χ2v) is 19.7. The highest BCUT2D eigenvalue weighted by atomic mass is 32.1. The number of carbonyl (C=O) groups is 5. The lowest BCUT2D eigenvalue weighted by Crippen LogP contribution is -2.58. The van der Waals surface area contributed by atoms with E-state index < -0.39 is 11.9 Å². The number of thiazole rings is 1. The van der Waals surface area contributed by atoms with E-state index in [4.69, 9.17) is 9.72 Å². The van der Waals surface area contributed by atoms with Crippen molar-refractivity contribution in [3.63, 3.8) is 0 Å². The van der Waals surface area contributed by atoms with Crippen LogP contribution in [0, 0.1) is 6.92 Å². The molecule has 364 valence electrons. The molecule has 0 bridgehead atoms. The van der Waals surface area contributed by atoms with Gasteiger partial charge in [0, 0.05) is 80.5 Å². The van der Waals surface area contributed by atoms with E-state index in [-0.39, 0.29) is 54.4 Å². The Labute approximate surface area is 413 Å². The zero-order chi connectivity index (χ0) is 49.5. The van der Waals surface area contributed by atoms with E-state index in [0.29, 0.717) is 83.9 Å². The van der Waals surface area contributed by atoms with Gasteiger partial charge in [0.05, 0.1) is 33.9 Å². The molecule has 17 nitrogen and oxygen atoms in total. The first kappa shape index (κ1) is 47.2. The molecule has 0 radical (unpaired) electrons. The highest BCUT2D eigenvalue weighted by Gasteiger charge is 2.33. The van der Waals surface area contributed by atoms with Crippen LogP contribution in [0.15, 0.2) is 91.0 Å². The summed E-state index contributed by atoms with van der Waals surface area (Å²) in [5.74, 6) is -1.48. The Morgan fingerprint density at radius 1 is 0.901 bits per heavy atom. The van der Waals surface area contributed by atoms with Crippen molar-refractivity contribution in [2.24, 2.45) is 7.05 Å². The Kier molecular flexibility index (Phi) is 13.1. The van der Waals surface area contributed by atoms with Crippen molar-refractivity contribution in [2.75, 3.05) is 54.9 Å². The molecular formula is C53H54N10O7S. The standard InChI is InChI=1S/C53H54N10O7S/c1-30-26-61(27-31(2)63(30)29-47(65)54-34-15-16-38-42(25-34)60(4)59-48(38)39-18-20-46(64)57-51(39)67)23-24-70-43-13-8-10-35(32(43)3)36-17-19-45(56-49(36)52(68)69)62-22-21-33-9-7-11-37(40(33)28-62)50(66)58-53-55-41-12-5-6-14-44(41)71-53/h5-17,19,25,30-31,39H,18,20-24,26-29H2,1-4H3,(H,54,65)(H,68,69)(H,55,58,66)(H,57,64,67). The fourth-order valence-electron chi connectivity index (χ4n) is 10.3. The largest absolute Gasteiger partial charge is 0.492 e. The number of ether oxygens (including phenoxy) is 1. The number of fused-ring (bicyclic) bond motifs is 3. The van der Waals surface area contributed by atoms with Crippen molar-refractivity contribution in [3.05, 3.63) is 125 Å². The molecule has 4 aromatic carbocycles. The Balaban J connectivity index is 0.748. The number of amides is 4. The molecule has 3 unspecified atom stereocenters. The molecule has 2 saturated heterocycles. The molecular weight excluding hydrogens is 921 g/mol. The smallest absolute Gasteiger partial charge is 0.355 e. The van der Waals surface area contributed by atoms with Gasteiger partial charge in [-0.1, -0.05) is 47.7 Å². The molecule has 0 aliphatic carbocycles. The van der Waals surface area contributed by atoms with Gasteiger partial charge in [-0.05, 0) is 110 Å². The van der Waals surface area contributed by atoms with Crippen molar-refractivity contribution in [2.45, 2.75) is 64.6 Å². The number of carboxylic acid groups (broad SMARTS) is 1. The van der Waals surface area contributed by atoms with E-state index in [0.717, 1.165) is 50.9 Å². The van der Waals surface area contributed by atoms with Crippen molar-refractivity contribution in [3.8, 4) is 16.9 Å². The van der Waals surface area contributed by atoms with Crippen LogP contribution in [0.2, 0.25) is 0 Å². The number of piperidine rings is 1. The average Bonchev–Trinajstić information content (AvgIpc) is 3.91. The molecule has 10 rings (SSSR count). The molecule has 0 saturated carbocycles. The molecule has 0 spiro atoms. The van der Waals surface area contributed by atoms with Crippen molar-refractivity contribution < 1.29 is 33.8 Å². The maximum atomic E-state index is 13.7. The molecule has 7 aromatic rings. The third kappa shape index (κ3) is 9.70. The summed E-state index contributed by atoms with van der Waals surface area (Å²) >= 11 is 1.42. The summed E-state index contributed by atoms with van der Waals surface area (Å²) in [6.07, 6.45) is 1.34. The number of para-hydroxylation sites is 1.